The van der Waals surface area contributed by atoms with E-state index >= 15 is 0 Å². The van der Waals surface area contributed by atoms with Gasteiger partial charge in [-0.05, 0) is 38.7 Å². The van der Waals surface area contributed by atoms with Crippen molar-refractivity contribution in [3.63, 3.8) is 0 Å². The molecule has 0 bridgehead atoms. The van der Waals surface area contributed by atoms with Crippen LogP contribution in [0.3, 0.4) is 0 Å². The lowest BCUT2D eigenvalue weighted by Gasteiger charge is -2.10. The fourth-order valence-corrected chi connectivity index (χ4v) is 1.28. The summed E-state index contributed by atoms with van der Waals surface area (Å²) in [5.41, 5.74) is 6.79. The first-order chi connectivity index (χ1) is 8.08. The monoisotopic (exact) mass is 234 g/mol. The van der Waals surface area contributed by atoms with Crippen LogP contribution in [0.5, 0.6) is 5.75 Å². The molecule has 1 aromatic rings. The minimum Gasteiger partial charge on any atom is -0.492 e. The quantitative estimate of drug-likeness (QED) is 0.818. The number of hydrogen-bond acceptors (Lipinski definition) is 3. The standard InChI is InChI=1S/C14H22N2O/c1-12(15)4-5-13-6-8-14(9-7-13)17-11-10-16(2)3/h4-9,12H,10-11,15H2,1-3H3/b5-4+. The zero-order chi connectivity index (χ0) is 12.7. The van der Waals surface area contributed by atoms with Crippen LogP contribution >= 0.6 is 0 Å². The Bertz CT molecular complexity index is 342. The predicted octanol–water partition coefficient (Wildman–Crippen LogP) is 1.99. The molecule has 94 valence electrons. The molecule has 17 heavy (non-hydrogen) atoms. The first-order valence-corrected chi connectivity index (χ1v) is 5.89. The highest BCUT2D eigenvalue weighted by Gasteiger charge is 1.95. The van der Waals surface area contributed by atoms with Crippen molar-refractivity contribution in [3.05, 3.63) is 35.9 Å². The molecule has 0 aliphatic carbocycles. The van der Waals surface area contributed by atoms with E-state index in [1.54, 1.807) is 0 Å². The third-order valence-corrected chi connectivity index (χ3v) is 2.28. The van der Waals surface area contributed by atoms with Crippen LogP contribution in [0, 0.1) is 0 Å². The van der Waals surface area contributed by atoms with Crippen molar-refractivity contribution >= 4 is 6.08 Å². The molecule has 2 N–H and O–H groups in total. The average Bonchev–Trinajstić information content (AvgIpc) is 2.27. The Morgan fingerprint density at radius 3 is 2.47 bits per heavy atom. The molecule has 1 rings (SSSR count). The maximum Gasteiger partial charge on any atom is 0.119 e. The second-order valence-corrected chi connectivity index (χ2v) is 4.44. The molecule has 1 unspecified atom stereocenters. The van der Waals surface area contributed by atoms with Gasteiger partial charge in [0.2, 0.25) is 0 Å². The Balaban J connectivity index is 2.45. The first-order valence-electron chi connectivity index (χ1n) is 5.89. The van der Waals surface area contributed by atoms with Crippen LogP contribution in [0.15, 0.2) is 30.3 Å². The van der Waals surface area contributed by atoms with Crippen LogP contribution in [0.1, 0.15) is 12.5 Å². The van der Waals surface area contributed by atoms with Gasteiger partial charge in [0.15, 0.2) is 0 Å². The SMILES string of the molecule is CC(N)/C=C/c1ccc(OCCN(C)C)cc1. The van der Waals surface area contributed by atoms with Crippen LogP contribution in [-0.4, -0.2) is 38.2 Å². The van der Waals surface area contributed by atoms with Gasteiger partial charge >= 0.3 is 0 Å². The summed E-state index contributed by atoms with van der Waals surface area (Å²) in [7, 11) is 4.07. The van der Waals surface area contributed by atoms with Gasteiger partial charge < -0.3 is 15.4 Å². The number of nitrogens with zero attached hydrogens (tertiary/aromatic N) is 1. The summed E-state index contributed by atoms with van der Waals surface area (Å²) in [4.78, 5) is 2.10. The number of hydrogen-bond donors (Lipinski definition) is 1. The van der Waals surface area contributed by atoms with Gasteiger partial charge in [-0.2, -0.15) is 0 Å². The van der Waals surface area contributed by atoms with Gasteiger partial charge in [0.05, 0.1) is 0 Å². The summed E-state index contributed by atoms with van der Waals surface area (Å²) < 4.78 is 5.61. The smallest absolute Gasteiger partial charge is 0.119 e. The second-order valence-electron chi connectivity index (χ2n) is 4.44. The van der Waals surface area contributed by atoms with Gasteiger partial charge in [0.25, 0.3) is 0 Å². The van der Waals surface area contributed by atoms with Gasteiger partial charge in [-0.1, -0.05) is 24.3 Å². The van der Waals surface area contributed by atoms with Crippen LogP contribution < -0.4 is 10.5 Å². The van der Waals surface area contributed by atoms with Crippen molar-refractivity contribution in [2.45, 2.75) is 13.0 Å². The van der Waals surface area contributed by atoms with Crippen LogP contribution in [0.2, 0.25) is 0 Å². The maximum atomic E-state index is 5.65. The zero-order valence-corrected chi connectivity index (χ0v) is 10.9. The van der Waals surface area contributed by atoms with Crippen LogP contribution in [0.4, 0.5) is 0 Å². The number of likely N-dealkylation sites (N-methyl/N-ethyl adjacent to an activating group) is 1. The van der Waals surface area contributed by atoms with Crippen molar-refractivity contribution < 1.29 is 4.74 Å². The van der Waals surface area contributed by atoms with Gasteiger partial charge in [-0.15, -0.1) is 0 Å². The third kappa shape index (κ3) is 6.09. The van der Waals surface area contributed by atoms with Crippen molar-refractivity contribution in [1.29, 1.82) is 0 Å². The molecule has 0 saturated carbocycles. The molecule has 3 heteroatoms. The topological polar surface area (TPSA) is 38.5 Å². The first kappa shape index (κ1) is 13.7. The van der Waals surface area contributed by atoms with Gasteiger partial charge in [-0.25, -0.2) is 0 Å². The van der Waals surface area contributed by atoms with E-state index in [0.29, 0.717) is 6.61 Å². The molecule has 3 nitrogen and oxygen atoms in total. The molecular formula is C14H22N2O. The van der Waals surface area contributed by atoms with E-state index in [1.807, 2.05) is 57.4 Å². The van der Waals surface area contributed by atoms with Crippen LogP contribution in [0.25, 0.3) is 6.08 Å². The predicted molar refractivity (Wildman–Crippen MR) is 73.2 cm³/mol. The van der Waals surface area contributed by atoms with E-state index in [1.165, 1.54) is 0 Å². The summed E-state index contributed by atoms with van der Waals surface area (Å²) in [6.07, 6.45) is 4.00. The number of nitrogens with two attached hydrogens (primary N) is 1. The summed E-state index contributed by atoms with van der Waals surface area (Å²) in [5.74, 6) is 0.907. The van der Waals surface area contributed by atoms with E-state index in [2.05, 4.69) is 4.90 Å². The Labute approximate surface area is 104 Å². The molecule has 0 aliphatic heterocycles. The fourth-order valence-electron chi connectivity index (χ4n) is 1.28. The highest BCUT2D eigenvalue weighted by molar-refractivity contribution is 5.51. The molecular weight excluding hydrogens is 212 g/mol. The Morgan fingerprint density at radius 1 is 1.29 bits per heavy atom. The largest absolute Gasteiger partial charge is 0.492 e. The highest BCUT2D eigenvalue weighted by Crippen LogP contribution is 2.13. The maximum absolute atomic E-state index is 5.65. The van der Waals surface area contributed by atoms with E-state index in [0.717, 1.165) is 17.9 Å². The average molecular weight is 234 g/mol. The number of ether oxygens (including phenoxy) is 1. The molecule has 0 spiro atoms. The Kier molecular flexibility index (Phi) is 5.73. The number of rotatable bonds is 6. The van der Waals surface area contributed by atoms with E-state index in [4.69, 9.17) is 10.5 Å². The summed E-state index contributed by atoms with van der Waals surface area (Å²) >= 11 is 0. The summed E-state index contributed by atoms with van der Waals surface area (Å²) in [5, 5.41) is 0. The van der Waals surface area contributed by atoms with Gasteiger partial charge in [0, 0.05) is 12.6 Å². The molecule has 0 radical (unpaired) electrons. The fraction of sp³-hybridized carbons (Fsp3) is 0.429. The molecule has 0 amide bonds. The van der Waals surface area contributed by atoms with Crippen molar-refractivity contribution in [3.8, 4) is 5.75 Å². The second kappa shape index (κ2) is 7.09. The van der Waals surface area contributed by atoms with E-state index in [-0.39, 0.29) is 6.04 Å². The lowest BCUT2D eigenvalue weighted by molar-refractivity contribution is 0.261. The molecule has 0 heterocycles. The lowest BCUT2D eigenvalue weighted by atomic mass is 10.2. The lowest BCUT2D eigenvalue weighted by Crippen LogP contribution is -2.19. The molecule has 0 saturated heterocycles. The zero-order valence-electron chi connectivity index (χ0n) is 10.9. The molecule has 0 aromatic heterocycles. The summed E-state index contributed by atoms with van der Waals surface area (Å²) in [6.45, 7) is 3.59. The summed E-state index contributed by atoms with van der Waals surface area (Å²) in [6, 6.07) is 8.12. The minimum atomic E-state index is 0.0889. The highest BCUT2D eigenvalue weighted by atomic mass is 16.5. The Hall–Kier alpha value is -1.32. The molecule has 0 aliphatic rings. The van der Waals surface area contributed by atoms with E-state index < -0.39 is 0 Å². The van der Waals surface area contributed by atoms with Crippen LogP contribution in [-0.2, 0) is 0 Å². The number of benzene rings is 1. The van der Waals surface area contributed by atoms with Crippen molar-refractivity contribution in [2.24, 2.45) is 5.73 Å². The molecule has 1 aromatic carbocycles. The molecule has 0 fully saturated rings. The van der Waals surface area contributed by atoms with E-state index in [9.17, 15) is 0 Å². The van der Waals surface area contributed by atoms with Crippen molar-refractivity contribution in [2.75, 3.05) is 27.2 Å². The normalized spacial score (nSPS) is 13.2. The van der Waals surface area contributed by atoms with Gasteiger partial charge in [0.1, 0.15) is 12.4 Å². The minimum absolute atomic E-state index is 0.0889. The third-order valence-electron chi connectivity index (χ3n) is 2.28. The van der Waals surface area contributed by atoms with Crippen molar-refractivity contribution in [1.82, 2.24) is 4.90 Å². The Morgan fingerprint density at radius 2 is 1.94 bits per heavy atom. The molecule has 1 atom stereocenters. The van der Waals surface area contributed by atoms with Gasteiger partial charge in [-0.3, -0.25) is 0 Å².